The lowest BCUT2D eigenvalue weighted by atomic mass is 9.63. The molecule has 4 N–H and O–H groups in total. The number of thiophene rings is 1. The molecule has 4 atom stereocenters. The van der Waals surface area contributed by atoms with Crippen molar-refractivity contribution in [1.29, 1.82) is 10.5 Å². The number of hydrogen-bond acceptors (Lipinski definition) is 13. The second-order valence-electron chi connectivity index (χ2n) is 14.3. The number of nitrogens with two attached hydrogens (primary N) is 2. The average molecular weight is 703 g/mol. The van der Waals surface area contributed by atoms with E-state index in [0.29, 0.717) is 52.0 Å². The fourth-order valence-corrected chi connectivity index (χ4v) is 10.2. The molecule has 1 aliphatic heterocycles. The van der Waals surface area contributed by atoms with E-state index in [0.717, 1.165) is 85.7 Å². The Morgan fingerprint density at radius 3 is 2.73 bits per heavy atom. The van der Waals surface area contributed by atoms with Crippen LogP contribution in [0.25, 0.3) is 22.6 Å². The lowest BCUT2D eigenvalue weighted by molar-refractivity contribution is 0.232. The maximum atomic E-state index is 10.2. The number of hydrogen-bond donors (Lipinski definition) is 2. The Hall–Kier alpha value is -5.05. The first kappa shape index (κ1) is 33.1. The number of likely N-dealkylation sites (tertiary alicyclic amines) is 1. The summed E-state index contributed by atoms with van der Waals surface area (Å²) in [5.74, 6) is 2.33. The van der Waals surface area contributed by atoms with Gasteiger partial charge in [0, 0.05) is 34.8 Å². The van der Waals surface area contributed by atoms with Crippen molar-refractivity contribution in [2.24, 2.45) is 0 Å². The molecule has 0 amide bonds. The summed E-state index contributed by atoms with van der Waals surface area (Å²) in [7, 11) is 2.17. The summed E-state index contributed by atoms with van der Waals surface area (Å²) in [6.07, 6.45) is 11.3. The largest absolute Gasteiger partial charge is 0.389 e. The van der Waals surface area contributed by atoms with Crippen molar-refractivity contribution in [1.82, 2.24) is 34.8 Å². The molecule has 0 aromatic carbocycles. The van der Waals surface area contributed by atoms with Crippen LogP contribution in [0.1, 0.15) is 104 Å². The molecule has 1 spiro atoms. The maximum absolute atomic E-state index is 10.2. The Labute approximate surface area is 300 Å². The van der Waals surface area contributed by atoms with Crippen LogP contribution in [0, 0.1) is 22.7 Å². The number of fused-ring (bicyclic) bond motifs is 5. The number of nitriles is 2. The molecule has 14 heteroatoms. The van der Waals surface area contributed by atoms with Crippen LogP contribution in [0.15, 0.2) is 29.0 Å². The highest BCUT2D eigenvalue weighted by Crippen LogP contribution is 2.55. The third-order valence-electron chi connectivity index (χ3n) is 11.5. The Bertz CT molecular complexity index is 2200. The van der Waals surface area contributed by atoms with Crippen LogP contribution in [-0.4, -0.2) is 61.0 Å². The van der Waals surface area contributed by atoms with Crippen LogP contribution in [0.2, 0.25) is 0 Å². The Kier molecular flexibility index (Phi) is 8.39. The molecule has 0 radical (unpaired) electrons. The minimum absolute atomic E-state index is 0.0492. The molecular weight excluding hydrogens is 661 g/mol. The van der Waals surface area contributed by atoms with Gasteiger partial charge in [0.15, 0.2) is 22.9 Å². The molecule has 1 fully saturated rings. The summed E-state index contributed by atoms with van der Waals surface area (Å²) in [4.78, 5) is 20.5. The van der Waals surface area contributed by atoms with Gasteiger partial charge < -0.3 is 25.8 Å². The standard InChI is InChI=1S/C37H42N12OS/c1-21(23-10-6-16-42-32(23)40)48(18-8-15-38)35-26-20-43-49(22(2)27-11-7-17-47(27)3)36(26)45-34(44-35)30-24-9-4-13-37(31(24)50-46-30)14-5-12-28-29(37)25(19-39)33(41)51-28/h6,10,16,20-22,27H,4-5,7-9,11-14,17-18,41H2,1-3H3,(H2,40,42)/t21-,22+,27+,37+/m1/s1. The van der Waals surface area contributed by atoms with E-state index in [-0.39, 0.29) is 18.5 Å². The molecular formula is C37H42N12OS. The van der Waals surface area contributed by atoms with Gasteiger partial charge in [0.1, 0.15) is 22.7 Å². The zero-order valence-electron chi connectivity index (χ0n) is 29.3. The van der Waals surface area contributed by atoms with Crippen molar-refractivity contribution >= 4 is 39.0 Å². The first-order valence-corrected chi connectivity index (χ1v) is 18.7. The van der Waals surface area contributed by atoms with E-state index in [4.69, 9.17) is 36.2 Å². The van der Waals surface area contributed by atoms with Gasteiger partial charge in [-0.1, -0.05) is 11.2 Å². The second kappa shape index (κ2) is 12.9. The zero-order valence-corrected chi connectivity index (χ0v) is 30.1. The van der Waals surface area contributed by atoms with E-state index in [1.54, 1.807) is 6.20 Å². The first-order valence-electron chi connectivity index (χ1n) is 17.9. The maximum Gasteiger partial charge on any atom is 0.186 e. The van der Waals surface area contributed by atoms with Gasteiger partial charge in [-0.05, 0) is 90.4 Å². The van der Waals surface area contributed by atoms with Gasteiger partial charge in [0.05, 0.1) is 47.1 Å². The predicted octanol–water partition coefficient (Wildman–Crippen LogP) is 6.07. The summed E-state index contributed by atoms with van der Waals surface area (Å²) in [5, 5.41) is 31.0. The lowest BCUT2D eigenvalue weighted by Gasteiger charge is -2.39. The van der Waals surface area contributed by atoms with Crippen molar-refractivity contribution in [2.75, 3.05) is 36.5 Å². The number of rotatable bonds is 8. The van der Waals surface area contributed by atoms with Crippen LogP contribution in [0.5, 0.6) is 0 Å². The van der Waals surface area contributed by atoms with E-state index < -0.39 is 5.41 Å². The van der Waals surface area contributed by atoms with E-state index >= 15 is 0 Å². The normalized spacial score (nSPS) is 21.2. The molecule has 5 aromatic heterocycles. The van der Waals surface area contributed by atoms with Crippen LogP contribution < -0.4 is 16.4 Å². The molecule has 0 bridgehead atoms. The number of likely N-dealkylation sites (N-methyl/N-ethyl adjacent to an activating group) is 1. The van der Waals surface area contributed by atoms with Crippen LogP contribution in [0.4, 0.5) is 16.6 Å². The summed E-state index contributed by atoms with van der Waals surface area (Å²) in [6, 6.07) is 8.67. The van der Waals surface area contributed by atoms with E-state index in [1.165, 1.54) is 16.2 Å². The molecule has 0 unspecified atom stereocenters. The fraction of sp³-hybridized carbons (Fsp3) is 0.486. The van der Waals surface area contributed by atoms with E-state index in [1.807, 2.05) is 23.0 Å². The van der Waals surface area contributed by atoms with Gasteiger partial charge in [0.25, 0.3) is 0 Å². The van der Waals surface area contributed by atoms with Crippen molar-refractivity contribution < 1.29 is 4.52 Å². The van der Waals surface area contributed by atoms with E-state index in [9.17, 15) is 10.5 Å². The quantitative estimate of drug-likeness (QED) is 0.190. The number of aromatic nitrogens is 6. The van der Waals surface area contributed by atoms with Gasteiger partial charge >= 0.3 is 0 Å². The van der Waals surface area contributed by atoms with Gasteiger partial charge in [-0.2, -0.15) is 15.6 Å². The number of anilines is 3. The molecule has 8 rings (SSSR count). The first-order chi connectivity index (χ1) is 24.8. The highest BCUT2D eigenvalue weighted by molar-refractivity contribution is 7.16. The van der Waals surface area contributed by atoms with Crippen LogP contribution >= 0.6 is 11.3 Å². The summed E-state index contributed by atoms with van der Waals surface area (Å²) >= 11 is 1.53. The van der Waals surface area contributed by atoms with Gasteiger partial charge in [-0.15, -0.1) is 11.3 Å². The third-order valence-corrected chi connectivity index (χ3v) is 12.6. The minimum atomic E-state index is -0.465. The number of nitrogen functional groups attached to an aromatic ring is 2. The molecule has 1 saturated heterocycles. The van der Waals surface area contributed by atoms with Crippen LogP contribution in [-0.2, 0) is 18.3 Å². The van der Waals surface area contributed by atoms with Gasteiger partial charge in [0.2, 0.25) is 0 Å². The number of nitrogens with zero attached hydrogens (tertiary/aromatic N) is 10. The second-order valence-corrected chi connectivity index (χ2v) is 15.4. The van der Waals surface area contributed by atoms with Crippen molar-refractivity contribution in [2.45, 2.75) is 95.2 Å². The lowest BCUT2D eigenvalue weighted by Crippen LogP contribution is -2.35. The Morgan fingerprint density at radius 2 is 1.98 bits per heavy atom. The molecule has 2 aliphatic carbocycles. The third kappa shape index (κ3) is 5.23. The van der Waals surface area contributed by atoms with Gasteiger partial charge in [-0.3, -0.25) is 0 Å². The summed E-state index contributed by atoms with van der Waals surface area (Å²) in [5.41, 5.74) is 17.1. The van der Waals surface area contributed by atoms with Crippen molar-refractivity contribution in [3.05, 3.63) is 57.4 Å². The molecule has 3 aliphatic rings. The van der Waals surface area contributed by atoms with Crippen LogP contribution in [0.3, 0.4) is 0 Å². The smallest absolute Gasteiger partial charge is 0.186 e. The average Bonchev–Trinajstić information content (AvgIpc) is 3.93. The molecule has 51 heavy (non-hydrogen) atoms. The topological polar surface area (TPSA) is 189 Å². The number of pyridine rings is 1. The molecule has 262 valence electrons. The monoisotopic (exact) mass is 702 g/mol. The highest BCUT2D eigenvalue weighted by Gasteiger charge is 2.49. The SMILES string of the molecule is C[C@H](c1cccnc1N)N(CCC#N)c1nc(-c2noc3c2CCC[C@@]32CCCc3sc(N)c(C#N)c32)nc2c1cnn2[C@@H](C)[C@@H]1CCCN1C. The predicted molar refractivity (Wildman–Crippen MR) is 196 cm³/mol. The Morgan fingerprint density at radius 1 is 1.16 bits per heavy atom. The van der Waals surface area contributed by atoms with Crippen molar-refractivity contribution in [3.63, 3.8) is 0 Å². The summed E-state index contributed by atoms with van der Waals surface area (Å²) < 4.78 is 8.40. The fourth-order valence-electron chi connectivity index (χ4n) is 9.06. The molecule has 13 nitrogen and oxygen atoms in total. The highest BCUT2D eigenvalue weighted by atomic mass is 32.1. The number of aryl methyl sites for hydroxylation is 1. The van der Waals surface area contributed by atoms with Crippen molar-refractivity contribution in [3.8, 4) is 23.7 Å². The molecule has 0 saturated carbocycles. The minimum Gasteiger partial charge on any atom is -0.389 e. The molecule has 5 aromatic rings. The molecule has 6 heterocycles. The summed E-state index contributed by atoms with van der Waals surface area (Å²) in [6.45, 7) is 5.71. The van der Waals surface area contributed by atoms with Gasteiger partial charge in [-0.25, -0.2) is 19.6 Å². The zero-order chi connectivity index (χ0) is 35.4. The van der Waals surface area contributed by atoms with E-state index in [2.05, 4.69) is 47.8 Å². The Balaban J connectivity index is 1.33.